The molecule has 6 nitrogen and oxygen atoms in total. The van der Waals surface area contributed by atoms with Crippen LogP contribution in [0.2, 0.25) is 0 Å². The Bertz CT molecular complexity index is 1060. The Morgan fingerprint density at radius 1 is 1.06 bits per heavy atom. The summed E-state index contributed by atoms with van der Waals surface area (Å²) >= 11 is 0. The van der Waals surface area contributed by atoms with Crippen LogP contribution in [-0.4, -0.2) is 44.1 Å². The molecule has 2 atom stereocenters. The van der Waals surface area contributed by atoms with Crippen LogP contribution in [0.5, 0.6) is 17.2 Å². The van der Waals surface area contributed by atoms with Crippen molar-refractivity contribution in [3.63, 3.8) is 0 Å². The largest absolute Gasteiger partial charge is 0.495 e. The van der Waals surface area contributed by atoms with Crippen LogP contribution in [0.4, 0.5) is 0 Å². The fourth-order valence-corrected chi connectivity index (χ4v) is 4.49. The van der Waals surface area contributed by atoms with Crippen LogP contribution < -0.4 is 19.5 Å². The van der Waals surface area contributed by atoms with E-state index in [1.807, 2.05) is 12.1 Å². The zero-order valence-corrected chi connectivity index (χ0v) is 18.5. The van der Waals surface area contributed by atoms with Gasteiger partial charge in [-0.25, -0.2) is 0 Å². The minimum atomic E-state index is 0.302. The normalized spacial score (nSPS) is 20.3. The van der Waals surface area contributed by atoms with Gasteiger partial charge in [-0.1, -0.05) is 18.2 Å². The standard InChI is InChI=1S/C26H30N2O4/c1-29-22-14-23-19(3-2-4-24(23)28-16-22)6-8-21-9-7-20(17-32-21)27-15-18-5-10-25-26(13-18)31-12-11-30-25/h2-5,10,13-14,16,20-21,27H,6-9,11-12,15,17H2,1H3/t20-,21+/m1/s1. The van der Waals surface area contributed by atoms with Gasteiger partial charge in [-0.05, 0) is 61.1 Å². The highest BCUT2D eigenvalue weighted by Crippen LogP contribution is 2.31. The first-order valence-corrected chi connectivity index (χ1v) is 11.4. The predicted octanol–water partition coefficient (Wildman–Crippen LogP) is 4.28. The lowest BCUT2D eigenvalue weighted by Gasteiger charge is -2.30. The van der Waals surface area contributed by atoms with E-state index in [9.17, 15) is 0 Å². The molecule has 0 radical (unpaired) electrons. The summed E-state index contributed by atoms with van der Waals surface area (Å²) < 4.78 is 22.8. The molecule has 0 saturated carbocycles. The molecule has 0 bridgehead atoms. The number of ether oxygens (including phenoxy) is 4. The Balaban J connectivity index is 1.10. The van der Waals surface area contributed by atoms with Crippen molar-refractivity contribution in [3.05, 3.63) is 59.8 Å². The molecule has 1 aromatic heterocycles. The number of hydrogen-bond acceptors (Lipinski definition) is 6. The maximum absolute atomic E-state index is 6.20. The zero-order valence-electron chi connectivity index (χ0n) is 18.5. The van der Waals surface area contributed by atoms with Gasteiger partial charge in [0.2, 0.25) is 0 Å². The van der Waals surface area contributed by atoms with E-state index in [1.165, 1.54) is 16.5 Å². The molecule has 2 aliphatic heterocycles. The maximum atomic E-state index is 6.20. The highest BCUT2D eigenvalue weighted by molar-refractivity contribution is 5.83. The molecule has 0 amide bonds. The third-order valence-electron chi connectivity index (χ3n) is 6.33. The molecule has 0 aliphatic carbocycles. The van der Waals surface area contributed by atoms with Crippen LogP contribution >= 0.6 is 0 Å². The lowest BCUT2D eigenvalue weighted by Crippen LogP contribution is -2.39. The van der Waals surface area contributed by atoms with E-state index in [1.54, 1.807) is 13.3 Å². The van der Waals surface area contributed by atoms with Gasteiger partial charge in [-0.15, -0.1) is 0 Å². The van der Waals surface area contributed by atoms with E-state index in [0.29, 0.717) is 25.4 Å². The van der Waals surface area contributed by atoms with Crippen molar-refractivity contribution in [3.8, 4) is 17.2 Å². The molecule has 2 aromatic carbocycles. The molecule has 32 heavy (non-hydrogen) atoms. The van der Waals surface area contributed by atoms with Crippen molar-refractivity contribution in [2.24, 2.45) is 0 Å². The number of aromatic nitrogens is 1. The summed E-state index contributed by atoms with van der Waals surface area (Å²) in [7, 11) is 1.68. The summed E-state index contributed by atoms with van der Waals surface area (Å²) in [5, 5.41) is 4.80. The summed E-state index contributed by atoms with van der Waals surface area (Å²) in [6, 6.07) is 14.9. The monoisotopic (exact) mass is 434 g/mol. The van der Waals surface area contributed by atoms with Crippen molar-refractivity contribution in [2.75, 3.05) is 26.9 Å². The summed E-state index contributed by atoms with van der Waals surface area (Å²) in [4.78, 5) is 4.51. The second-order valence-electron chi connectivity index (χ2n) is 8.49. The SMILES string of the molecule is COc1cnc2cccc(CC[C@H]3CC[C@@H](NCc4ccc5c(c4)OCCO5)CO3)c2c1. The van der Waals surface area contributed by atoms with Gasteiger partial charge in [0.05, 0.1) is 31.5 Å². The van der Waals surface area contributed by atoms with Crippen LogP contribution in [0.25, 0.3) is 10.9 Å². The molecule has 1 N–H and O–H groups in total. The molecule has 3 heterocycles. The predicted molar refractivity (Wildman–Crippen MR) is 124 cm³/mol. The minimum absolute atomic E-state index is 0.302. The molecule has 0 unspecified atom stereocenters. The summed E-state index contributed by atoms with van der Waals surface area (Å²) in [5.74, 6) is 2.48. The van der Waals surface area contributed by atoms with Gasteiger partial charge in [-0.2, -0.15) is 0 Å². The number of nitrogens with zero attached hydrogens (tertiary/aromatic N) is 1. The number of aryl methyl sites for hydroxylation is 1. The number of nitrogens with one attached hydrogen (secondary N) is 1. The Kier molecular flexibility index (Phi) is 6.41. The van der Waals surface area contributed by atoms with Gasteiger partial charge in [0.15, 0.2) is 11.5 Å². The van der Waals surface area contributed by atoms with Crippen LogP contribution in [0.3, 0.4) is 0 Å². The Labute approximate surface area is 188 Å². The number of fused-ring (bicyclic) bond motifs is 2. The quantitative estimate of drug-likeness (QED) is 0.599. The molecule has 0 spiro atoms. The zero-order chi connectivity index (χ0) is 21.8. The maximum Gasteiger partial charge on any atom is 0.161 e. The van der Waals surface area contributed by atoms with Gasteiger partial charge >= 0.3 is 0 Å². The summed E-state index contributed by atoms with van der Waals surface area (Å²) in [6.45, 7) is 2.79. The van der Waals surface area contributed by atoms with E-state index in [0.717, 1.165) is 61.6 Å². The molecule has 168 valence electrons. The Morgan fingerprint density at radius 3 is 2.81 bits per heavy atom. The van der Waals surface area contributed by atoms with Gasteiger partial charge < -0.3 is 24.3 Å². The van der Waals surface area contributed by atoms with Crippen LogP contribution in [-0.2, 0) is 17.7 Å². The molecule has 3 aromatic rings. The van der Waals surface area contributed by atoms with Crippen molar-refractivity contribution in [1.29, 1.82) is 0 Å². The van der Waals surface area contributed by atoms with E-state index < -0.39 is 0 Å². The summed E-state index contributed by atoms with van der Waals surface area (Å²) in [6.07, 6.45) is 6.27. The van der Waals surface area contributed by atoms with Gasteiger partial charge in [0.1, 0.15) is 19.0 Å². The first-order valence-electron chi connectivity index (χ1n) is 11.4. The average molecular weight is 435 g/mol. The molecular formula is C26H30N2O4. The highest BCUT2D eigenvalue weighted by atomic mass is 16.6. The molecule has 1 fully saturated rings. The highest BCUT2D eigenvalue weighted by Gasteiger charge is 2.22. The molecule has 6 heteroatoms. The second kappa shape index (κ2) is 9.76. The molecule has 2 aliphatic rings. The van der Waals surface area contributed by atoms with Gasteiger partial charge in [0.25, 0.3) is 0 Å². The fourth-order valence-electron chi connectivity index (χ4n) is 4.49. The van der Waals surface area contributed by atoms with E-state index >= 15 is 0 Å². The summed E-state index contributed by atoms with van der Waals surface area (Å²) in [5.41, 5.74) is 3.52. The molecular weight excluding hydrogens is 404 g/mol. The van der Waals surface area contributed by atoms with Crippen LogP contribution in [0, 0.1) is 0 Å². The average Bonchev–Trinajstić information content (AvgIpc) is 2.86. The van der Waals surface area contributed by atoms with Crippen molar-refractivity contribution < 1.29 is 18.9 Å². The number of hydrogen-bond donors (Lipinski definition) is 1. The Hall–Kier alpha value is -2.83. The van der Waals surface area contributed by atoms with Gasteiger partial charge in [-0.3, -0.25) is 4.98 Å². The Morgan fingerprint density at radius 2 is 1.97 bits per heavy atom. The minimum Gasteiger partial charge on any atom is -0.495 e. The lowest BCUT2D eigenvalue weighted by atomic mass is 9.97. The molecule has 1 saturated heterocycles. The van der Waals surface area contributed by atoms with E-state index in [4.69, 9.17) is 18.9 Å². The van der Waals surface area contributed by atoms with E-state index in [-0.39, 0.29) is 0 Å². The van der Waals surface area contributed by atoms with Crippen LogP contribution in [0.1, 0.15) is 30.4 Å². The smallest absolute Gasteiger partial charge is 0.161 e. The topological polar surface area (TPSA) is 61.8 Å². The number of benzene rings is 2. The lowest BCUT2D eigenvalue weighted by molar-refractivity contribution is -0.00695. The first-order chi connectivity index (χ1) is 15.8. The molecule has 5 rings (SSSR count). The van der Waals surface area contributed by atoms with Crippen molar-refractivity contribution in [1.82, 2.24) is 10.3 Å². The fraction of sp³-hybridized carbons (Fsp3) is 0.423. The van der Waals surface area contributed by atoms with Crippen molar-refractivity contribution >= 4 is 10.9 Å². The number of methoxy groups -OCH3 is 1. The second-order valence-corrected chi connectivity index (χ2v) is 8.49. The van der Waals surface area contributed by atoms with Gasteiger partial charge in [0, 0.05) is 18.0 Å². The number of pyridine rings is 1. The first kappa shape index (κ1) is 21.0. The van der Waals surface area contributed by atoms with Crippen molar-refractivity contribution in [2.45, 2.75) is 44.4 Å². The van der Waals surface area contributed by atoms with Crippen LogP contribution in [0.15, 0.2) is 48.7 Å². The number of rotatable bonds is 7. The third-order valence-corrected chi connectivity index (χ3v) is 6.33. The van der Waals surface area contributed by atoms with E-state index in [2.05, 4.69) is 40.6 Å². The third kappa shape index (κ3) is 4.81.